The van der Waals surface area contributed by atoms with Gasteiger partial charge >= 0.3 is 0 Å². The van der Waals surface area contributed by atoms with Crippen molar-refractivity contribution in [2.75, 3.05) is 6.54 Å². The second-order valence-electron chi connectivity index (χ2n) is 5.23. The molecule has 1 aliphatic carbocycles. The van der Waals surface area contributed by atoms with E-state index >= 15 is 0 Å². The van der Waals surface area contributed by atoms with E-state index < -0.39 is 0 Å². The van der Waals surface area contributed by atoms with Gasteiger partial charge in [0, 0.05) is 11.6 Å². The highest BCUT2D eigenvalue weighted by Gasteiger charge is 2.53. The lowest BCUT2D eigenvalue weighted by Crippen LogP contribution is -2.41. The third-order valence-electron chi connectivity index (χ3n) is 4.78. The van der Waals surface area contributed by atoms with E-state index in [0.29, 0.717) is 5.54 Å². The molecule has 1 saturated carbocycles. The standard InChI is InChI=1S/C12H20N/c1-2-12-7-4-8-13(12)11-6-3-5-10(11)9-12/h10-11H,1-9H2. The predicted octanol–water partition coefficient (Wildman–Crippen LogP) is 2.62. The van der Waals surface area contributed by atoms with Gasteiger partial charge in [0.15, 0.2) is 0 Å². The summed E-state index contributed by atoms with van der Waals surface area (Å²) in [7, 11) is 0. The van der Waals surface area contributed by atoms with Crippen molar-refractivity contribution in [2.24, 2.45) is 5.92 Å². The van der Waals surface area contributed by atoms with Crippen LogP contribution in [0.1, 0.15) is 44.9 Å². The second kappa shape index (κ2) is 2.73. The monoisotopic (exact) mass is 178 g/mol. The molecule has 0 aromatic heterocycles. The van der Waals surface area contributed by atoms with Gasteiger partial charge in [0.05, 0.1) is 0 Å². The number of nitrogens with zero attached hydrogens (tertiary/aromatic N) is 1. The van der Waals surface area contributed by atoms with E-state index in [0.717, 1.165) is 18.4 Å². The minimum atomic E-state index is 0.565. The summed E-state index contributed by atoms with van der Waals surface area (Å²) in [6, 6.07) is 0.962. The van der Waals surface area contributed by atoms with Crippen molar-refractivity contribution < 1.29 is 0 Å². The maximum atomic E-state index is 4.19. The molecule has 13 heavy (non-hydrogen) atoms. The number of rotatable bonds is 1. The lowest BCUT2D eigenvalue weighted by Gasteiger charge is -2.33. The lowest BCUT2D eigenvalue weighted by atomic mass is 9.87. The molecule has 3 atom stereocenters. The molecule has 73 valence electrons. The Bertz CT molecular complexity index is 213. The molecule has 3 unspecified atom stereocenters. The van der Waals surface area contributed by atoms with Crippen LogP contribution in [0.25, 0.3) is 0 Å². The van der Waals surface area contributed by atoms with Gasteiger partial charge < -0.3 is 0 Å². The Hall–Kier alpha value is -0.0400. The Labute approximate surface area is 81.5 Å². The maximum Gasteiger partial charge on any atom is 0.0216 e. The molecule has 0 aromatic rings. The quantitative estimate of drug-likeness (QED) is 0.596. The van der Waals surface area contributed by atoms with Crippen molar-refractivity contribution in [1.82, 2.24) is 4.90 Å². The summed E-state index contributed by atoms with van der Waals surface area (Å²) < 4.78 is 0. The van der Waals surface area contributed by atoms with Gasteiger partial charge in [0.2, 0.25) is 0 Å². The largest absolute Gasteiger partial charge is 0.294 e. The maximum absolute atomic E-state index is 4.19. The molecule has 2 heterocycles. The van der Waals surface area contributed by atoms with Gasteiger partial charge in [-0.2, -0.15) is 0 Å². The molecular weight excluding hydrogens is 158 g/mol. The Morgan fingerprint density at radius 3 is 3.08 bits per heavy atom. The Morgan fingerprint density at radius 1 is 1.31 bits per heavy atom. The van der Waals surface area contributed by atoms with E-state index in [-0.39, 0.29) is 0 Å². The number of hydrogen-bond donors (Lipinski definition) is 0. The first-order chi connectivity index (χ1) is 6.36. The van der Waals surface area contributed by atoms with Crippen LogP contribution in [0.4, 0.5) is 0 Å². The summed E-state index contributed by atoms with van der Waals surface area (Å²) in [5, 5.41) is 0. The molecule has 2 aliphatic heterocycles. The van der Waals surface area contributed by atoms with Crippen LogP contribution in [0.15, 0.2) is 0 Å². The predicted molar refractivity (Wildman–Crippen MR) is 54.4 cm³/mol. The fourth-order valence-corrected chi connectivity index (χ4v) is 4.22. The van der Waals surface area contributed by atoms with Gasteiger partial charge in [0.25, 0.3) is 0 Å². The van der Waals surface area contributed by atoms with Crippen LogP contribution in [0.3, 0.4) is 0 Å². The van der Waals surface area contributed by atoms with Crippen LogP contribution in [-0.2, 0) is 0 Å². The highest BCUT2D eigenvalue weighted by molar-refractivity contribution is 5.09. The molecular formula is C12H20N. The molecule has 1 radical (unpaired) electrons. The second-order valence-corrected chi connectivity index (χ2v) is 5.23. The summed E-state index contributed by atoms with van der Waals surface area (Å²) in [5.41, 5.74) is 0.565. The smallest absolute Gasteiger partial charge is 0.0216 e. The Balaban J connectivity index is 1.89. The SMILES string of the molecule is [CH2]CC12CCCN1C1CCCC1C2. The van der Waals surface area contributed by atoms with Gasteiger partial charge in [0.1, 0.15) is 0 Å². The summed E-state index contributed by atoms with van der Waals surface area (Å²) in [6.07, 6.45) is 9.96. The van der Waals surface area contributed by atoms with Gasteiger partial charge in [-0.1, -0.05) is 13.3 Å². The molecule has 0 aromatic carbocycles. The van der Waals surface area contributed by atoms with Crippen molar-refractivity contribution >= 4 is 0 Å². The molecule has 3 fully saturated rings. The van der Waals surface area contributed by atoms with Crippen molar-refractivity contribution in [3.05, 3.63) is 6.92 Å². The Kier molecular flexibility index (Phi) is 1.74. The van der Waals surface area contributed by atoms with E-state index in [4.69, 9.17) is 0 Å². The van der Waals surface area contributed by atoms with E-state index in [1.807, 2.05) is 0 Å². The third-order valence-corrected chi connectivity index (χ3v) is 4.78. The first-order valence-electron chi connectivity index (χ1n) is 5.92. The van der Waals surface area contributed by atoms with E-state index in [1.165, 1.54) is 45.1 Å². The molecule has 3 rings (SSSR count). The molecule has 0 N–H and O–H groups in total. The van der Waals surface area contributed by atoms with E-state index in [9.17, 15) is 0 Å². The summed E-state index contributed by atoms with van der Waals surface area (Å²) in [5.74, 6) is 1.04. The fourth-order valence-electron chi connectivity index (χ4n) is 4.22. The lowest BCUT2D eigenvalue weighted by molar-refractivity contribution is 0.149. The number of hydrogen-bond acceptors (Lipinski definition) is 1. The van der Waals surface area contributed by atoms with E-state index in [2.05, 4.69) is 11.8 Å². The molecule has 0 bridgehead atoms. The molecule has 3 aliphatic rings. The highest BCUT2D eigenvalue weighted by atomic mass is 15.3. The molecule has 0 spiro atoms. The van der Waals surface area contributed by atoms with Gasteiger partial charge in [-0.3, -0.25) is 4.90 Å². The number of fused-ring (bicyclic) bond motifs is 3. The topological polar surface area (TPSA) is 3.24 Å². The van der Waals surface area contributed by atoms with Crippen LogP contribution in [-0.4, -0.2) is 23.0 Å². The summed E-state index contributed by atoms with van der Waals surface area (Å²) in [6.45, 7) is 5.56. The normalized spacial score (nSPS) is 49.6. The van der Waals surface area contributed by atoms with E-state index in [1.54, 1.807) is 0 Å². The molecule has 1 heteroatoms. The molecule has 1 nitrogen and oxygen atoms in total. The zero-order valence-corrected chi connectivity index (χ0v) is 8.47. The van der Waals surface area contributed by atoms with Crippen molar-refractivity contribution in [2.45, 2.75) is 56.5 Å². The van der Waals surface area contributed by atoms with Crippen LogP contribution >= 0.6 is 0 Å². The van der Waals surface area contributed by atoms with Crippen molar-refractivity contribution in [3.63, 3.8) is 0 Å². The molecule has 2 saturated heterocycles. The summed E-state index contributed by atoms with van der Waals surface area (Å²) >= 11 is 0. The minimum Gasteiger partial charge on any atom is -0.294 e. The van der Waals surface area contributed by atoms with Crippen LogP contribution < -0.4 is 0 Å². The van der Waals surface area contributed by atoms with Gasteiger partial charge in [-0.05, 0) is 51.0 Å². The zero-order chi connectivity index (χ0) is 8.89. The zero-order valence-electron chi connectivity index (χ0n) is 8.47. The first-order valence-corrected chi connectivity index (χ1v) is 5.92. The minimum absolute atomic E-state index is 0.565. The Morgan fingerprint density at radius 2 is 2.23 bits per heavy atom. The average molecular weight is 178 g/mol. The van der Waals surface area contributed by atoms with Gasteiger partial charge in [-0.25, -0.2) is 0 Å². The van der Waals surface area contributed by atoms with Crippen LogP contribution in [0.2, 0.25) is 0 Å². The third kappa shape index (κ3) is 0.971. The first kappa shape index (κ1) is 8.28. The average Bonchev–Trinajstić information content (AvgIpc) is 2.72. The molecule has 0 amide bonds. The van der Waals surface area contributed by atoms with Crippen molar-refractivity contribution in [1.29, 1.82) is 0 Å². The van der Waals surface area contributed by atoms with Crippen molar-refractivity contribution in [3.8, 4) is 0 Å². The van der Waals surface area contributed by atoms with Gasteiger partial charge in [-0.15, -0.1) is 0 Å². The van der Waals surface area contributed by atoms with Crippen LogP contribution in [0.5, 0.6) is 0 Å². The fraction of sp³-hybridized carbons (Fsp3) is 0.917. The summed E-state index contributed by atoms with van der Waals surface area (Å²) in [4.78, 5) is 2.83. The van der Waals surface area contributed by atoms with Crippen LogP contribution in [0, 0.1) is 12.8 Å². The highest BCUT2D eigenvalue weighted by Crippen LogP contribution is 2.52.